The summed E-state index contributed by atoms with van der Waals surface area (Å²) >= 11 is 0. The Balaban J connectivity index is 1.33. The van der Waals surface area contributed by atoms with Crippen LogP contribution in [0.1, 0.15) is 53.9 Å². The van der Waals surface area contributed by atoms with Crippen molar-refractivity contribution in [3.63, 3.8) is 0 Å². The summed E-state index contributed by atoms with van der Waals surface area (Å²) in [7, 11) is 3.52. The molecule has 0 radical (unpaired) electrons. The number of hydrogen-bond acceptors (Lipinski definition) is 4. The molecular weight excluding hydrogens is 438 g/mol. The van der Waals surface area contributed by atoms with Crippen molar-refractivity contribution in [2.24, 2.45) is 5.92 Å². The van der Waals surface area contributed by atoms with Gasteiger partial charge in [0.05, 0.1) is 6.61 Å². The zero-order valence-corrected chi connectivity index (χ0v) is 20.9. The van der Waals surface area contributed by atoms with Crippen molar-refractivity contribution in [2.45, 2.75) is 50.1 Å². The second-order valence-electron chi connectivity index (χ2n) is 10.6. The maximum Gasteiger partial charge on any atom is 0.253 e. The highest BCUT2D eigenvalue weighted by molar-refractivity contribution is 5.94. The predicted molar refractivity (Wildman–Crippen MR) is 137 cm³/mol. The lowest BCUT2D eigenvalue weighted by molar-refractivity contribution is -0.143. The number of rotatable bonds is 5. The smallest absolute Gasteiger partial charge is 0.253 e. The highest BCUT2D eigenvalue weighted by Gasteiger charge is 2.49. The minimum absolute atomic E-state index is 0.000477. The molecule has 2 saturated heterocycles. The first kappa shape index (κ1) is 24.0. The molecule has 0 unspecified atom stereocenters. The number of benzene rings is 2. The van der Waals surface area contributed by atoms with E-state index in [4.69, 9.17) is 0 Å². The lowest BCUT2D eigenvalue weighted by atomic mass is 9.74. The molecule has 3 aliphatic rings. The van der Waals surface area contributed by atoms with Gasteiger partial charge in [-0.15, -0.1) is 0 Å². The molecule has 6 heteroatoms. The first-order chi connectivity index (χ1) is 17.0. The lowest BCUT2D eigenvalue weighted by Gasteiger charge is -2.57. The molecule has 2 aliphatic heterocycles. The van der Waals surface area contributed by atoms with Crippen LogP contribution in [-0.4, -0.2) is 84.0 Å². The van der Waals surface area contributed by atoms with Gasteiger partial charge >= 0.3 is 0 Å². The number of carbonyl (C=O) groups is 2. The van der Waals surface area contributed by atoms with Crippen LogP contribution in [0.5, 0.6) is 0 Å². The van der Waals surface area contributed by atoms with Crippen molar-refractivity contribution in [2.75, 3.05) is 40.3 Å². The number of carbonyl (C=O) groups excluding carboxylic acids is 2. The minimum atomic E-state index is 0.000477. The van der Waals surface area contributed by atoms with Gasteiger partial charge in [0.15, 0.2) is 0 Å². The molecule has 0 spiro atoms. The van der Waals surface area contributed by atoms with Gasteiger partial charge in [0, 0.05) is 56.7 Å². The van der Waals surface area contributed by atoms with Crippen LogP contribution in [0.15, 0.2) is 48.5 Å². The van der Waals surface area contributed by atoms with E-state index in [9.17, 15) is 14.7 Å². The molecule has 186 valence electrons. The molecule has 0 bridgehead atoms. The first-order valence-electron chi connectivity index (χ1n) is 13.1. The number of amides is 2. The summed E-state index contributed by atoms with van der Waals surface area (Å²) in [5.41, 5.74) is 4.09. The van der Waals surface area contributed by atoms with Gasteiger partial charge in [0.2, 0.25) is 5.91 Å². The third-order valence-corrected chi connectivity index (χ3v) is 8.30. The molecule has 3 atom stereocenters. The highest BCUT2D eigenvalue weighted by Crippen LogP contribution is 2.43. The van der Waals surface area contributed by atoms with Gasteiger partial charge in [0.1, 0.15) is 0 Å². The SMILES string of the molecule is CN(C)C(=O)c1ccc(-c2ccc([C@@H]3[C@H](CO)N4CCCCN(C(=O)C5CCC5)C[C@@H]34)cc2)cc1. The summed E-state index contributed by atoms with van der Waals surface area (Å²) in [4.78, 5) is 31.4. The van der Waals surface area contributed by atoms with Gasteiger partial charge in [-0.2, -0.15) is 0 Å². The lowest BCUT2D eigenvalue weighted by Crippen LogP contribution is -2.68. The molecule has 2 aromatic carbocycles. The summed E-state index contributed by atoms with van der Waals surface area (Å²) in [6, 6.07) is 16.7. The van der Waals surface area contributed by atoms with E-state index in [2.05, 4.69) is 34.1 Å². The number of nitrogens with zero attached hydrogens (tertiary/aromatic N) is 3. The Hall–Kier alpha value is -2.70. The molecule has 3 fully saturated rings. The number of fused-ring (bicyclic) bond motifs is 1. The normalized spacial score (nSPS) is 25.0. The summed E-state index contributed by atoms with van der Waals surface area (Å²) in [5.74, 6) is 0.800. The van der Waals surface area contributed by atoms with Crippen LogP contribution in [0.25, 0.3) is 11.1 Å². The van der Waals surface area contributed by atoms with Gasteiger partial charge in [-0.1, -0.05) is 42.8 Å². The second-order valence-corrected chi connectivity index (χ2v) is 10.6. The summed E-state index contributed by atoms with van der Waals surface area (Å²) in [6.45, 7) is 2.76. The van der Waals surface area contributed by atoms with Crippen LogP contribution >= 0.6 is 0 Å². The van der Waals surface area contributed by atoms with Crippen LogP contribution in [0.2, 0.25) is 0 Å². The van der Waals surface area contributed by atoms with Gasteiger partial charge in [0.25, 0.3) is 5.91 Å². The minimum Gasteiger partial charge on any atom is -0.395 e. The molecule has 6 nitrogen and oxygen atoms in total. The number of hydrogen-bond donors (Lipinski definition) is 1. The van der Waals surface area contributed by atoms with E-state index >= 15 is 0 Å². The molecule has 1 aliphatic carbocycles. The van der Waals surface area contributed by atoms with Gasteiger partial charge < -0.3 is 14.9 Å². The Bertz CT molecular complexity index is 1050. The Morgan fingerprint density at radius 3 is 2.11 bits per heavy atom. The van der Waals surface area contributed by atoms with E-state index in [1.165, 1.54) is 12.0 Å². The summed E-state index contributed by atoms with van der Waals surface area (Å²) in [5, 5.41) is 10.2. The van der Waals surface area contributed by atoms with E-state index in [-0.39, 0.29) is 36.4 Å². The fraction of sp³-hybridized carbons (Fsp3) is 0.517. The van der Waals surface area contributed by atoms with E-state index in [1.54, 1.807) is 19.0 Å². The van der Waals surface area contributed by atoms with Gasteiger partial charge in [-0.25, -0.2) is 0 Å². The van der Waals surface area contributed by atoms with Crippen molar-refractivity contribution >= 4 is 11.8 Å². The fourth-order valence-electron chi connectivity index (χ4n) is 6.02. The quantitative estimate of drug-likeness (QED) is 0.718. The van der Waals surface area contributed by atoms with E-state index in [1.807, 2.05) is 24.3 Å². The number of aliphatic hydroxyl groups is 1. The van der Waals surface area contributed by atoms with E-state index in [0.29, 0.717) is 11.5 Å². The average Bonchev–Trinajstić information content (AvgIpc) is 2.82. The van der Waals surface area contributed by atoms with Crippen LogP contribution in [0, 0.1) is 5.92 Å². The van der Waals surface area contributed by atoms with Crippen molar-refractivity contribution in [1.82, 2.24) is 14.7 Å². The van der Waals surface area contributed by atoms with Crippen molar-refractivity contribution in [3.05, 3.63) is 59.7 Å². The molecule has 2 amide bonds. The molecule has 2 heterocycles. The van der Waals surface area contributed by atoms with Crippen LogP contribution in [0.3, 0.4) is 0 Å². The molecule has 5 rings (SSSR count). The maximum atomic E-state index is 13.1. The monoisotopic (exact) mass is 475 g/mol. The predicted octanol–water partition coefficient (Wildman–Crippen LogP) is 3.61. The molecule has 1 N–H and O–H groups in total. The Morgan fingerprint density at radius 1 is 0.914 bits per heavy atom. The Labute approximate surface area is 208 Å². The standard InChI is InChI=1S/C29H37N3O3/c1-30(2)28(34)24-14-10-21(11-15-24)20-8-12-22(13-9-20)27-25-18-31(29(35)23-6-5-7-23)16-3-4-17-32(25)26(27)19-33/h8-15,23,25-27,33H,3-7,16-19H2,1-2H3/t25-,26-,27-/m0/s1. The Morgan fingerprint density at radius 2 is 1.54 bits per heavy atom. The Kier molecular flexibility index (Phi) is 6.94. The maximum absolute atomic E-state index is 13.1. The van der Waals surface area contributed by atoms with Gasteiger partial charge in [-0.05, 0) is 61.1 Å². The molecule has 1 saturated carbocycles. The van der Waals surface area contributed by atoms with Crippen LogP contribution in [-0.2, 0) is 4.79 Å². The summed E-state index contributed by atoms with van der Waals surface area (Å²) < 4.78 is 0. The van der Waals surface area contributed by atoms with Crippen molar-refractivity contribution < 1.29 is 14.7 Å². The van der Waals surface area contributed by atoms with E-state index < -0.39 is 0 Å². The van der Waals surface area contributed by atoms with Gasteiger partial charge in [-0.3, -0.25) is 14.5 Å². The zero-order valence-electron chi connectivity index (χ0n) is 20.9. The zero-order chi connectivity index (χ0) is 24.5. The third-order valence-electron chi connectivity index (χ3n) is 8.30. The second kappa shape index (κ2) is 10.1. The fourth-order valence-corrected chi connectivity index (χ4v) is 6.02. The molecule has 0 aromatic heterocycles. The molecular formula is C29H37N3O3. The molecule has 35 heavy (non-hydrogen) atoms. The first-order valence-corrected chi connectivity index (χ1v) is 13.1. The highest BCUT2D eigenvalue weighted by atomic mass is 16.3. The largest absolute Gasteiger partial charge is 0.395 e. The van der Waals surface area contributed by atoms with E-state index in [0.717, 1.165) is 56.4 Å². The van der Waals surface area contributed by atoms with Crippen LogP contribution in [0.4, 0.5) is 0 Å². The van der Waals surface area contributed by atoms with Crippen molar-refractivity contribution in [1.29, 1.82) is 0 Å². The third kappa shape index (κ3) is 4.62. The van der Waals surface area contributed by atoms with Crippen molar-refractivity contribution in [3.8, 4) is 11.1 Å². The molecule has 2 aromatic rings. The number of aliphatic hydroxyl groups excluding tert-OH is 1. The van der Waals surface area contributed by atoms with Crippen LogP contribution < -0.4 is 0 Å². The topological polar surface area (TPSA) is 64.1 Å². The summed E-state index contributed by atoms with van der Waals surface area (Å²) in [6.07, 6.45) is 5.36. The average molecular weight is 476 g/mol.